The largest absolute Gasteiger partial charge is 0.507 e. The van der Waals surface area contributed by atoms with Crippen molar-refractivity contribution in [3.05, 3.63) is 70.3 Å². The first kappa shape index (κ1) is 21.9. The monoisotopic (exact) mass is 427 g/mol. The van der Waals surface area contributed by atoms with Crippen LogP contribution in [0.25, 0.3) is 5.76 Å². The van der Waals surface area contributed by atoms with Crippen LogP contribution in [0, 0.1) is 0 Å². The fraction of sp³-hybridized carbons (Fsp3) is 0.333. The third-order valence-corrected chi connectivity index (χ3v) is 5.36. The maximum atomic E-state index is 13.0. The van der Waals surface area contributed by atoms with Crippen molar-refractivity contribution in [1.82, 2.24) is 4.90 Å². The number of nitrogens with zero attached hydrogens (tertiary/aromatic N) is 1. The van der Waals surface area contributed by atoms with E-state index in [1.54, 1.807) is 29.2 Å². The van der Waals surface area contributed by atoms with Gasteiger partial charge in [-0.05, 0) is 43.2 Å². The van der Waals surface area contributed by atoms with E-state index >= 15 is 0 Å². The molecule has 1 aliphatic rings. The topological polar surface area (TPSA) is 66.8 Å². The lowest BCUT2D eigenvalue weighted by molar-refractivity contribution is -0.139. The predicted molar refractivity (Wildman–Crippen MR) is 118 cm³/mol. The third-order valence-electron chi connectivity index (χ3n) is 5.13. The molecule has 1 amide bonds. The number of hydrogen-bond donors (Lipinski definition) is 1. The predicted octanol–water partition coefficient (Wildman–Crippen LogP) is 5.35. The lowest BCUT2D eigenvalue weighted by Gasteiger charge is -2.25. The molecule has 158 valence electrons. The van der Waals surface area contributed by atoms with Crippen molar-refractivity contribution < 1.29 is 19.4 Å². The van der Waals surface area contributed by atoms with Gasteiger partial charge < -0.3 is 14.7 Å². The Hall–Kier alpha value is -2.79. The van der Waals surface area contributed by atoms with Gasteiger partial charge in [0.15, 0.2) is 0 Å². The summed E-state index contributed by atoms with van der Waals surface area (Å²) in [5.41, 5.74) is 1.20. The van der Waals surface area contributed by atoms with Crippen molar-refractivity contribution in [3.8, 4) is 5.75 Å². The Morgan fingerprint density at radius 1 is 1.10 bits per heavy atom. The Labute approximate surface area is 181 Å². The molecule has 5 nitrogen and oxygen atoms in total. The number of carbonyl (C=O) groups is 2. The van der Waals surface area contributed by atoms with Crippen LogP contribution in [0.15, 0.2) is 54.1 Å². The van der Waals surface area contributed by atoms with E-state index < -0.39 is 17.7 Å². The summed E-state index contributed by atoms with van der Waals surface area (Å²) in [6.07, 6.45) is 2.72. The SMILES string of the molecule is CCCCCN1C(=O)C(=O)/C(=C(\O)c2cccc(Cl)c2)C1c1cccc(OCC)c1. The highest BCUT2D eigenvalue weighted by molar-refractivity contribution is 6.46. The van der Waals surface area contributed by atoms with Crippen LogP contribution in [-0.2, 0) is 9.59 Å². The van der Waals surface area contributed by atoms with Crippen LogP contribution in [-0.4, -0.2) is 34.8 Å². The molecule has 0 aromatic heterocycles. The minimum absolute atomic E-state index is 0.0763. The van der Waals surface area contributed by atoms with Gasteiger partial charge in [-0.1, -0.05) is 55.6 Å². The minimum atomic E-state index is -0.684. The van der Waals surface area contributed by atoms with Gasteiger partial charge >= 0.3 is 0 Å². The van der Waals surface area contributed by atoms with E-state index in [2.05, 4.69) is 6.92 Å². The van der Waals surface area contributed by atoms with Gasteiger partial charge in [-0.15, -0.1) is 0 Å². The summed E-state index contributed by atoms with van der Waals surface area (Å²) in [7, 11) is 0. The highest BCUT2D eigenvalue weighted by Crippen LogP contribution is 2.40. The molecule has 2 aromatic carbocycles. The fourth-order valence-corrected chi connectivity index (χ4v) is 3.91. The Morgan fingerprint density at radius 3 is 2.57 bits per heavy atom. The lowest BCUT2D eigenvalue weighted by Crippen LogP contribution is -2.30. The zero-order valence-electron chi connectivity index (χ0n) is 17.2. The van der Waals surface area contributed by atoms with Gasteiger partial charge in [0.1, 0.15) is 11.5 Å². The second kappa shape index (κ2) is 9.81. The maximum Gasteiger partial charge on any atom is 0.295 e. The summed E-state index contributed by atoms with van der Waals surface area (Å²) in [5, 5.41) is 11.5. The van der Waals surface area contributed by atoms with Gasteiger partial charge in [0.05, 0.1) is 18.2 Å². The first-order chi connectivity index (χ1) is 14.5. The summed E-state index contributed by atoms with van der Waals surface area (Å²) in [6, 6.07) is 13.3. The number of benzene rings is 2. The second-order valence-electron chi connectivity index (χ2n) is 7.22. The van der Waals surface area contributed by atoms with E-state index in [0.717, 1.165) is 24.8 Å². The van der Waals surface area contributed by atoms with Gasteiger partial charge in [0, 0.05) is 17.1 Å². The molecule has 1 fully saturated rings. The van der Waals surface area contributed by atoms with E-state index in [9.17, 15) is 14.7 Å². The van der Waals surface area contributed by atoms with Crippen molar-refractivity contribution in [2.45, 2.75) is 39.2 Å². The molecule has 0 saturated carbocycles. The number of halogens is 1. The zero-order valence-corrected chi connectivity index (χ0v) is 18.0. The van der Waals surface area contributed by atoms with Crippen LogP contribution in [0.3, 0.4) is 0 Å². The van der Waals surface area contributed by atoms with Crippen LogP contribution >= 0.6 is 11.6 Å². The number of ether oxygens (including phenoxy) is 1. The Kier molecular flexibility index (Phi) is 7.16. The number of carbonyl (C=O) groups excluding carboxylic acids is 2. The Morgan fingerprint density at radius 2 is 1.87 bits per heavy atom. The number of hydrogen-bond acceptors (Lipinski definition) is 4. The van der Waals surface area contributed by atoms with Crippen molar-refractivity contribution in [1.29, 1.82) is 0 Å². The normalized spacial score (nSPS) is 18.1. The first-order valence-electron chi connectivity index (χ1n) is 10.2. The highest BCUT2D eigenvalue weighted by Gasteiger charge is 2.45. The number of aliphatic hydroxyl groups excluding tert-OH is 1. The van der Waals surface area contributed by atoms with Crippen LogP contribution < -0.4 is 4.74 Å². The van der Waals surface area contributed by atoms with Gasteiger partial charge in [-0.2, -0.15) is 0 Å². The molecule has 6 heteroatoms. The average molecular weight is 428 g/mol. The molecular weight excluding hydrogens is 402 g/mol. The molecule has 2 aromatic rings. The number of amides is 1. The minimum Gasteiger partial charge on any atom is -0.507 e. The molecule has 3 rings (SSSR count). The molecule has 1 saturated heterocycles. The zero-order chi connectivity index (χ0) is 21.7. The molecule has 0 spiro atoms. The third kappa shape index (κ3) is 4.51. The molecule has 0 radical (unpaired) electrons. The summed E-state index contributed by atoms with van der Waals surface area (Å²) >= 11 is 6.07. The molecular formula is C24H26ClNO4. The molecule has 1 atom stereocenters. The number of unbranched alkanes of at least 4 members (excludes halogenated alkanes) is 2. The molecule has 0 aliphatic carbocycles. The summed E-state index contributed by atoms with van der Waals surface area (Å²) in [6.45, 7) is 4.91. The molecule has 30 heavy (non-hydrogen) atoms. The van der Waals surface area contributed by atoms with E-state index in [1.165, 1.54) is 0 Å². The number of aliphatic hydroxyl groups is 1. The smallest absolute Gasteiger partial charge is 0.295 e. The lowest BCUT2D eigenvalue weighted by atomic mass is 9.95. The first-order valence-corrected chi connectivity index (χ1v) is 10.6. The van der Waals surface area contributed by atoms with Crippen LogP contribution in [0.5, 0.6) is 5.75 Å². The van der Waals surface area contributed by atoms with Crippen LogP contribution in [0.4, 0.5) is 0 Å². The van der Waals surface area contributed by atoms with Crippen molar-refractivity contribution in [2.75, 3.05) is 13.2 Å². The number of rotatable bonds is 8. The maximum absolute atomic E-state index is 13.0. The van der Waals surface area contributed by atoms with Gasteiger partial charge in [0.2, 0.25) is 0 Å². The molecule has 0 bridgehead atoms. The number of Topliss-reactive ketones (excluding diaryl/α,β-unsaturated/α-hetero) is 1. The highest BCUT2D eigenvalue weighted by atomic mass is 35.5. The van der Waals surface area contributed by atoms with E-state index in [4.69, 9.17) is 16.3 Å². The fourth-order valence-electron chi connectivity index (χ4n) is 3.72. The van der Waals surface area contributed by atoms with Crippen LogP contribution in [0.2, 0.25) is 5.02 Å². The molecule has 1 heterocycles. The molecule has 1 N–H and O–H groups in total. The molecule has 1 unspecified atom stereocenters. The number of ketones is 1. The van der Waals surface area contributed by atoms with E-state index in [0.29, 0.717) is 29.5 Å². The molecule has 1 aliphatic heterocycles. The van der Waals surface area contributed by atoms with E-state index in [-0.39, 0.29) is 11.3 Å². The Balaban J connectivity index is 2.13. The van der Waals surface area contributed by atoms with Crippen molar-refractivity contribution in [3.63, 3.8) is 0 Å². The second-order valence-corrected chi connectivity index (χ2v) is 7.65. The van der Waals surface area contributed by atoms with Gasteiger partial charge in [-0.3, -0.25) is 9.59 Å². The summed E-state index contributed by atoms with van der Waals surface area (Å²) in [5.74, 6) is -0.852. The van der Waals surface area contributed by atoms with Gasteiger partial charge in [0.25, 0.3) is 11.7 Å². The van der Waals surface area contributed by atoms with Crippen LogP contribution in [0.1, 0.15) is 50.3 Å². The van der Waals surface area contributed by atoms with Crippen molar-refractivity contribution in [2.24, 2.45) is 0 Å². The number of likely N-dealkylation sites (tertiary alicyclic amines) is 1. The average Bonchev–Trinajstić information content (AvgIpc) is 2.99. The quantitative estimate of drug-likeness (QED) is 0.267. The standard InChI is InChI=1S/C24H26ClNO4/c1-3-5-6-13-26-21(16-9-8-12-19(15-16)30-4-2)20(23(28)24(26)29)22(27)17-10-7-11-18(25)14-17/h7-12,14-15,21,27H,3-6,13H2,1-2H3/b22-20-. The van der Waals surface area contributed by atoms with Gasteiger partial charge in [-0.25, -0.2) is 0 Å². The Bertz CT molecular complexity index is 969. The van der Waals surface area contributed by atoms with Crippen molar-refractivity contribution >= 4 is 29.1 Å². The summed E-state index contributed by atoms with van der Waals surface area (Å²) in [4.78, 5) is 27.4. The van der Waals surface area contributed by atoms with E-state index in [1.807, 2.05) is 31.2 Å². The summed E-state index contributed by atoms with van der Waals surface area (Å²) < 4.78 is 5.61.